The van der Waals surface area contributed by atoms with Crippen LogP contribution in [-0.4, -0.2) is 5.11 Å². The Morgan fingerprint density at radius 1 is 0.773 bits per heavy atom. The molecule has 22 heavy (non-hydrogen) atoms. The van der Waals surface area contributed by atoms with Gasteiger partial charge in [0, 0.05) is 5.41 Å². The van der Waals surface area contributed by atoms with Crippen molar-refractivity contribution in [2.75, 3.05) is 0 Å². The van der Waals surface area contributed by atoms with Crippen LogP contribution in [0.25, 0.3) is 0 Å². The lowest BCUT2D eigenvalue weighted by Gasteiger charge is -2.29. The SMILES string of the molecule is CC(C)c1cc(C(C)(C)c2ccccc2)cc(C(C)C)c1O. The summed E-state index contributed by atoms with van der Waals surface area (Å²) in [5, 5.41) is 10.6. The standard InChI is InChI=1S/C21H28O/c1-14(2)18-12-17(13-19(15(3)4)20(18)22)21(5,6)16-10-8-7-9-11-16/h7-15,22H,1-6H3. The quantitative estimate of drug-likeness (QED) is 0.737. The number of aromatic hydroxyl groups is 1. The van der Waals surface area contributed by atoms with E-state index in [-0.39, 0.29) is 5.41 Å². The Kier molecular flexibility index (Phi) is 4.65. The van der Waals surface area contributed by atoms with Gasteiger partial charge in [0.25, 0.3) is 0 Å². The molecule has 0 aliphatic heterocycles. The van der Waals surface area contributed by atoms with Gasteiger partial charge in [-0.2, -0.15) is 0 Å². The van der Waals surface area contributed by atoms with E-state index in [2.05, 4.69) is 84.0 Å². The molecule has 0 fully saturated rings. The van der Waals surface area contributed by atoms with Gasteiger partial charge in [0.2, 0.25) is 0 Å². The molecule has 0 aromatic heterocycles. The number of rotatable bonds is 4. The zero-order valence-corrected chi connectivity index (χ0v) is 14.6. The fourth-order valence-corrected chi connectivity index (χ4v) is 2.94. The van der Waals surface area contributed by atoms with Gasteiger partial charge in [-0.1, -0.05) is 84.0 Å². The molecular formula is C21H28O. The summed E-state index contributed by atoms with van der Waals surface area (Å²) < 4.78 is 0. The van der Waals surface area contributed by atoms with Gasteiger partial charge in [-0.05, 0) is 34.1 Å². The highest BCUT2D eigenvalue weighted by atomic mass is 16.3. The number of hydrogen-bond donors (Lipinski definition) is 1. The van der Waals surface area contributed by atoms with Crippen LogP contribution in [0.1, 0.15) is 75.6 Å². The Labute approximate surface area is 135 Å². The number of hydrogen-bond acceptors (Lipinski definition) is 1. The Bertz CT molecular complexity index is 607. The number of benzene rings is 2. The highest BCUT2D eigenvalue weighted by Gasteiger charge is 2.26. The molecule has 2 aromatic carbocycles. The monoisotopic (exact) mass is 296 g/mol. The summed E-state index contributed by atoms with van der Waals surface area (Å²) in [6, 6.07) is 14.9. The van der Waals surface area contributed by atoms with E-state index in [1.165, 1.54) is 11.1 Å². The van der Waals surface area contributed by atoms with E-state index in [0.717, 1.165) is 11.1 Å². The molecule has 2 aromatic rings. The summed E-state index contributed by atoms with van der Waals surface area (Å²) in [6.07, 6.45) is 0. The Balaban J connectivity index is 2.65. The second-order valence-electron chi connectivity index (χ2n) is 7.30. The molecule has 1 heteroatoms. The molecule has 0 spiro atoms. The van der Waals surface area contributed by atoms with Crippen molar-refractivity contribution in [3.63, 3.8) is 0 Å². The molecule has 118 valence electrons. The van der Waals surface area contributed by atoms with Crippen molar-refractivity contribution in [3.05, 3.63) is 64.7 Å². The second-order valence-corrected chi connectivity index (χ2v) is 7.30. The molecule has 0 bridgehead atoms. The minimum atomic E-state index is -0.0811. The largest absolute Gasteiger partial charge is 0.507 e. The molecule has 0 saturated heterocycles. The maximum absolute atomic E-state index is 10.6. The van der Waals surface area contributed by atoms with E-state index in [1.807, 2.05) is 0 Å². The minimum Gasteiger partial charge on any atom is -0.507 e. The predicted molar refractivity (Wildman–Crippen MR) is 94.9 cm³/mol. The van der Waals surface area contributed by atoms with E-state index in [9.17, 15) is 5.11 Å². The Morgan fingerprint density at radius 2 is 1.23 bits per heavy atom. The summed E-state index contributed by atoms with van der Waals surface area (Å²) in [7, 11) is 0. The molecule has 0 unspecified atom stereocenters. The van der Waals surface area contributed by atoms with Crippen molar-refractivity contribution in [3.8, 4) is 5.75 Å². The zero-order valence-electron chi connectivity index (χ0n) is 14.6. The van der Waals surface area contributed by atoms with E-state index in [1.54, 1.807) is 0 Å². The smallest absolute Gasteiger partial charge is 0.122 e. The first kappa shape index (κ1) is 16.6. The molecule has 0 radical (unpaired) electrons. The Morgan fingerprint density at radius 3 is 1.64 bits per heavy atom. The predicted octanol–water partition coefficient (Wildman–Crippen LogP) is 5.96. The highest BCUT2D eigenvalue weighted by molar-refractivity contribution is 5.50. The molecule has 0 aliphatic rings. The van der Waals surface area contributed by atoms with Crippen LogP contribution >= 0.6 is 0 Å². The highest BCUT2D eigenvalue weighted by Crippen LogP contribution is 2.40. The van der Waals surface area contributed by atoms with Gasteiger partial charge in [-0.25, -0.2) is 0 Å². The van der Waals surface area contributed by atoms with Crippen LogP contribution in [0.2, 0.25) is 0 Å². The summed E-state index contributed by atoms with van der Waals surface area (Å²) in [4.78, 5) is 0. The van der Waals surface area contributed by atoms with Crippen molar-refractivity contribution in [1.29, 1.82) is 0 Å². The maximum Gasteiger partial charge on any atom is 0.122 e. The molecule has 0 atom stereocenters. The fraction of sp³-hybridized carbons (Fsp3) is 0.429. The van der Waals surface area contributed by atoms with Crippen LogP contribution in [0.15, 0.2) is 42.5 Å². The normalized spacial score (nSPS) is 12.2. The molecule has 0 heterocycles. The van der Waals surface area contributed by atoms with Crippen molar-refractivity contribution in [2.24, 2.45) is 0 Å². The summed E-state index contributed by atoms with van der Waals surface area (Å²) in [6.45, 7) is 13.1. The first-order valence-corrected chi connectivity index (χ1v) is 8.18. The maximum atomic E-state index is 10.6. The van der Waals surface area contributed by atoms with Crippen molar-refractivity contribution < 1.29 is 5.11 Å². The fourth-order valence-electron chi connectivity index (χ4n) is 2.94. The third-order valence-electron chi connectivity index (χ3n) is 4.63. The molecule has 1 nitrogen and oxygen atoms in total. The molecule has 2 rings (SSSR count). The van der Waals surface area contributed by atoms with Crippen molar-refractivity contribution in [2.45, 2.75) is 58.8 Å². The van der Waals surface area contributed by atoms with Gasteiger partial charge < -0.3 is 5.11 Å². The third kappa shape index (κ3) is 3.04. The number of phenols is 1. The van der Waals surface area contributed by atoms with Gasteiger partial charge in [0.1, 0.15) is 5.75 Å². The van der Waals surface area contributed by atoms with Crippen LogP contribution in [0.5, 0.6) is 5.75 Å². The molecule has 1 N–H and O–H groups in total. The van der Waals surface area contributed by atoms with Gasteiger partial charge in [0.15, 0.2) is 0 Å². The van der Waals surface area contributed by atoms with Crippen LogP contribution in [0, 0.1) is 0 Å². The lowest BCUT2D eigenvalue weighted by molar-refractivity contribution is 0.453. The summed E-state index contributed by atoms with van der Waals surface area (Å²) >= 11 is 0. The lowest BCUT2D eigenvalue weighted by Crippen LogP contribution is -2.19. The van der Waals surface area contributed by atoms with E-state index in [0.29, 0.717) is 17.6 Å². The van der Waals surface area contributed by atoms with Gasteiger partial charge in [0.05, 0.1) is 0 Å². The van der Waals surface area contributed by atoms with E-state index in [4.69, 9.17) is 0 Å². The zero-order chi connectivity index (χ0) is 16.5. The third-order valence-corrected chi connectivity index (χ3v) is 4.63. The molecular weight excluding hydrogens is 268 g/mol. The summed E-state index contributed by atoms with van der Waals surface area (Å²) in [5.74, 6) is 1.09. The molecule has 0 aliphatic carbocycles. The summed E-state index contributed by atoms with van der Waals surface area (Å²) in [5.41, 5.74) is 4.58. The molecule has 0 amide bonds. The van der Waals surface area contributed by atoms with Crippen LogP contribution in [0.4, 0.5) is 0 Å². The van der Waals surface area contributed by atoms with Crippen molar-refractivity contribution >= 4 is 0 Å². The van der Waals surface area contributed by atoms with Crippen LogP contribution in [0.3, 0.4) is 0 Å². The second kappa shape index (κ2) is 6.16. The lowest BCUT2D eigenvalue weighted by atomic mass is 9.75. The number of phenolic OH excluding ortho intramolecular Hbond substituents is 1. The Hall–Kier alpha value is -1.76. The first-order valence-electron chi connectivity index (χ1n) is 8.18. The average molecular weight is 296 g/mol. The van der Waals surface area contributed by atoms with Gasteiger partial charge in [-0.3, -0.25) is 0 Å². The van der Waals surface area contributed by atoms with Gasteiger partial charge in [-0.15, -0.1) is 0 Å². The van der Waals surface area contributed by atoms with Crippen LogP contribution in [-0.2, 0) is 5.41 Å². The van der Waals surface area contributed by atoms with Gasteiger partial charge >= 0.3 is 0 Å². The molecule has 0 saturated carbocycles. The van der Waals surface area contributed by atoms with Crippen molar-refractivity contribution in [1.82, 2.24) is 0 Å². The van der Waals surface area contributed by atoms with E-state index < -0.39 is 0 Å². The first-order chi connectivity index (χ1) is 10.2. The average Bonchev–Trinajstić information content (AvgIpc) is 2.47. The topological polar surface area (TPSA) is 20.2 Å². The van der Waals surface area contributed by atoms with E-state index >= 15 is 0 Å². The minimum absolute atomic E-state index is 0.0811. The van der Waals surface area contributed by atoms with Crippen LogP contribution < -0.4 is 0 Å².